The number of carboxylic acids is 1. The van der Waals surface area contributed by atoms with Gasteiger partial charge in [-0.15, -0.1) is 5.10 Å². The van der Waals surface area contributed by atoms with Gasteiger partial charge in [0.25, 0.3) is 0 Å². The lowest BCUT2D eigenvalue weighted by atomic mass is 10.3. The molecule has 88 valence electrons. The van der Waals surface area contributed by atoms with Crippen molar-refractivity contribution in [3.8, 4) is 11.4 Å². The minimum absolute atomic E-state index is 0.0986. The van der Waals surface area contributed by atoms with E-state index in [1.54, 1.807) is 12.4 Å². The second kappa shape index (κ2) is 5.44. The van der Waals surface area contributed by atoms with Crippen LogP contribution in [0.3, 0.4) is 0 Å². The number of thioether (sulfide) groups is 1. The maximum atomic E-state index is 10.3. The van der Waals surface area contributed by atoms with Gasteiger partial charge in [-0.25, -0.2) is 4.98 Å². The number of aromatic nitrogens is 4. The number of rotatable bonds is 5. The highest BCUT2D eigenvalue weighted by molar-refractivity contribution is 7.99. The van der Waals surface area contributed by atoms with Crippen LogP contribution in [-0.2, 0) is 4.79 Å². The van der Waals surface area contributed by atoms with Crippen molar-refractivity contribution in [2.45, 2.75) is 11.6 Å². The van der Waals surface area contributed by atoms with Crippen LogP contribution >= 0.6 is 11.8 Å². The highest BCUT2D eigenvalue weighted by Gasteiger charge is 2.06. The van der Waals surface area contributed by atoms with Crippen LogP contribution in [0.2, 0.25) is 0 Å². The molecule has 0 aromatic carbocycles. The molecule has 0 spiro atoms. The van der Waals surface area contributed by atoms with Crippen molar-refractivity contribution in [1.82, 2.24) is 20.2 Å². The molecule has 0 aliphatic rings. The predicted molar refractivity (Wildman–Crippen MR) is 62.6 cm³/mol. The average molecular weight is 250 g/mol. The minimum atomic E-state index is -0.819. The van der Waals surface area contributed by atoms with Crippen LogP contribution in [0.25, 0.3) is 11.4 Å². The Kier molecular flexibility index (Phi) is 3.71. The number of H-pyrrole nitrogens is 1. The van der Waals surface area contributed by atoms with E-state index in [-0.39, 0.29) is 6.42 Å². The van der Waals surface area contributed by atoms with Crippen molar-refractivity contribution in [3.63, 3.8) is 0 Å². The fourth-order valence-corrected chi connectivity index (χ4v) is 1.90. The van der Waals surface area contributed by atoms with Gasteiger partial charge in [-0.05, 0) is 12.1 Å². The molecule has 0 saturated heterocycles. The Morgan fingerprint density at radius 2 is 2.41 bits per heavy atom. The van der Waals surface area contributed by atoms with Gasteiger partial charge in [-0.3, -0.25) is 14.9 Å². The van der Waals surface area contributed by atoms with Crippen molar-refractivity contribution >= 4 is 17.7 Å². The molecule has 0 radical (unpaired) electrons. The number of carbonyl (C=O) groups is 1. The molecule has 7 heteroatoms. The first-order chi connectivity index (χ1) is 8.25. The van der Waals surface area contributed by atoms with Gasteiger partial charge in [0, 0.05) is 23.7 Å². The van der Waals surface area contributed by atoms with E-state index in [0.717, 1.165) is 5.56 Å². The van der Waals surface area contributed by atoms with E-state index in [2.05, 4.69) is 20.2 Å². The van der Waals surface area contributed by atoms with Gasteiger partial charge in [0.15, 0.2) is 5.82 Å². The Hall–Kier alpha value is -1.89. The summed E-state index contributed by atoms with van der Waals surface area (Å²) in [5.41, 5.74) is 0.852. The molecule has 2 heterocycles. The number of hydrogen-bond donors (Lipinski definition) is 2. The molecule has 0 atom stereocenters. The van der Waals surface area contributed by atoms with E-state index < -0.39 is 5.97 Å². The first kappa shape index (κ1) is 11.6. The largest absolute Gasteiger partial charge is 0.481 e. The fourth-order valence-electron chi connectivity index (χ4n) is 1.17. The normalized spacial score (nSPS) is 10.4. The molecule has 0 aliphatic carbocycles. The number of aromatic amines is 1. The van der Waals surface area contributed by atoms with Crippen molar-refractivity contribution in [2.24, 2.45) is 0 Å². The third kappa shape index (κ3) is 3.28. The lowest BCUT2D eigenvalue weighted by molar-refractivity contribution is -0.136. The van der Waals surface area contributed by atoms with Crippen molar-refractivity contribution < 1.29 is 9.90 Å². The summed E-state index contributed by atoms with van der Waals surface area (Å²) in [6.07, 6.45) is 3.47. The summed E-state index contributed by atoms with van der Waals surface area (Å²) in [6, 6.07) is 3.69. The Morgan fingerprint density at radius 1 is 1.53 bits per heavy atom. The van der Waals surface area contributed by atoms with Crippen LogP contribution in [0.4, 0.5) is 0 Å². The third-order valence-corrected chi connectivity index (χ3v) is 2.80. The van der Waals surface area contributed by atoms with Gasteiger partial charge in [0.05, 0.1) is 6.42 Å². The zero-order chi connectivity index (χ0) is 12.1. The van der Waals surface area contributed by atoms with Gasteiger partial charge in [0.1, 0.15) is 0 Å². The summed E-state index contributed by atoms with van der Waals surface area (Å²) in [5, 5.41) is 15.8. The SMILES string of the molecule is O=C(O)CCSc1n[nH]c(-c2cccnc2)n1. The zero-order valence-electron chi connectivity index (χ0n) is 8.83. The summed E-state index contributed by atoms with van der Waals surface area (Å²) < 4.78 is 0. The van der Waals surface area contributed by atoms with Gasteiger partial charge in [0.2, 0.25) is 5.16 Å². The van der Waals surface area contributed by atoms with Crippen molar-refractivity contribution in [3.05, 3.63) is 24.5 Å². The van der Waals surface area contributed by atoms with Crippen molar-refractivity contribution in [1.29, 1.82) is 0 Å². The lowest BCUT2D eigenvalue weighted by Crippen LogP contribution is -1.95. The summed E-state index contributed by atoms with van der Waals surface area (Å²) in [7, 11) is 0. The third-order valence-electron chi connectivity index (χ3n) is 1.95. The van der Waals surface area contributed by atoms with E-state index in [1.807, 2.05) is 12.1 Å². The molecule has 2 aromatic heterocycles. The molecule has 2 N–H and O–H groups in total. The topological polar surface area (TPSA) is 91.8 Å². The van der Waals surface area contributed by atoms with E-state index in [9.17, 15) is 4.79 Å². The first-order valence-electron chi connectivity index (χ1n) is 4.93. The van der Waals surface area contributed by atoms with Crippen LogP contribution in [-0.4, -0.2) is 37.0 Å². The zero-order valence-corrected chi connectivity index (χ0v) is 9.65. The molecule has 6 nitrogen and oxygen atoms in total. The number of aliphatic carboxylic acids is 1. The van der Waals surface area contributed by atoms with Crippen LogP contribution < -0.4 is 0 Å². The molecule has 2 aromatic rings. The van der Waals surface area contributed by atoms with Crippen LogP contribution in [0.15, 0.2) is 29.7 Å². The predicted octanol–water partition coefficient (Wildman–Crippen LogP) is 1.43. The molecule has 0 aliphatic heterocycles. The first-order valence-corrected chi connectivity index (χ1v) is 5.91. The molecule has 0 fully saturated rings. The van der Waals surface area contributed by atoms with Gasteiger partial charge >= 0.3 is 5.97 Å². The second-order valence-electron chi connectivity index (χ2n) is 3.20. The Morgan fingerprint density at radius 3 is 3.12 bits per heavy atom. The molecule has 0 amide bonds. The van der Waals surface area contributed by atoms with Gasteiger partial charge < -0.3 is 5.11 Å². The van der Waals surface area contributed by atoms with Crippen LogP contribution in [0, 0.1) is 0 Å². The van der Waals surface area contributed by atoms with Gasteiger partial charge in [-0.2, -0.15) is 0 Å². The van der Waals surface area contributed by atoms with Crippen LogP contribution in [0.1, 0.15) is 6.42 Å². The Labute approximate surface area is 101 Å². The second-order valence-corrected chi connectivity index (χ2v) is 4.26. The maximum absolute atomic E-state index is 10.3. The molecule has 2 rings (SSSR count). The fraction of sp³-hybridized carbons (Fsp3) is 0.200. The van der Waals surface area contributed by atoms with E-state index in [0.29, 0.717) is 16.7 Å². The summed E-state index contributed by atoms with van der Waals surface area (Å²) in [5.74, 6) is 0.274. The molecule has 0 bridgehead atoms. The molecule has 0 saturated carbocycles. The van der Waals surface area contributed by atoms with Gasteiger partial charge in [-0.1, -0.05) is 11.8 Å². The van der Waals surface area contributed by atoms with E-state index >= 15 is 0 Å². The molecule has 17 heavy (non-hydrogen) atoms. The number of nitrogens with zero attached hydrogens (tertiary/aromatic N) is 3. The number of pyridine rings is 1. The molecule has 0 unspecified atom stereocenters. The van der Waals surface area contributed by atoms with E-state index in [4.69, 9.17) is 5.11 Å². The number of nitrogens with one attached hydrogen (secondary N) is 1. The van der Waals surface area contributed by atoms with E-state index in [1.165, 1.54) is 11.8 Å². The summed E-state index contributed by atoms with van der Waals surface area (Å²) in [6.45, 7) is 0. The highest BCUT2D eigenvalue weighted by Crippen LogP contribution is 2.18. The molecular weight excluding hydrogens is 240 g/mol. The summed E-state index contributed by atoms with van der Waals surface area (Å²) in [4.78, 5) is 18.6. The summed E-state index contributed by atoms with van der Waals surface area (Å²) >= 11 is 1.31. The Balaban J connectivity index is 1.99. The number of carboxylic acid groups (broad SMARTS) is 1. The monoisotopic (exact) mass is 250 g/mol. The quantitative estimate of drug-likeness (QED) is 0.780. The molecular formula is C10H10N4O2S. The average Bonchev–Trinajstić information content (AvgIpc) is 2.78. The standard InChI is InChI=1S/C10H10N4O2S/c15-8(16)3-5-17-10-12-9(13-14-10)7-2-1-4-11-6-7/h1-2,4,6H,3,5H2,(H,15,16)(H,12,13,14). The minimum Gasteiger partial charge on any atom is -0.481 e. The highest BCUT2D eigenvalue weighted by atomic mass is 32.2. The lowest BCUT2D eigenvalue weighted by Gasteiger charge is -1.93. The smallest absolute Gasteiger partial charge is 0.304 e. The number of hydrogen-bond acceptors (Lipinski definition) is 5. The maximum Gasteiger partial charge on any atom is 0.304 e. The van der Waals surface area contributed by atoms with Crippen molar-refractivity contribution in [2.75, 3.05) is 5.75 Å². The van der Waals surface area contributed by atoms with Crippen LogP contribution in [0.5, 0.6) is 0 Å². The Bertz CT molecular complexity index is 500.